The van der Waals surface area contributed by atoms with E-state index in [0.29, 0.717) is 35.0 Å². The molecule has 198 valence electrons. The smallest absolute Gasteiger partial charge is 0.296 e. The number of nitrogens with one attached hydrogen (secondary N) is 1. The quantitative estimate of drug-likeness (QED) is 0.369. The number of aliphatic hydroxyl groups excluding tert-OH is 1. The van der Waals surface area contributed by atoms with Crippen LogP contribution in [0.5, 0.6) is 6.01 Å². The van der Waals surface area contributed by atoms with Gasteiger partial charge in [0.1, 0.15) is 23.8 Å². The number of fused-ring (bicyclic) bond motifs is 2. The molecule has 0 radical (unpaired) electrons. The second-order valence-corrected chi connectivity index (χ2v) is 12.6. The van der Waals surface area contributed by atoms with E-state index in [2.05, 4.69) is 19.3 Å². The number of rotatable bonds is 6. The lowest BCUT2D eigenvalue weighted by Crippen LogP contribution is -2.34. The molecule has 0 spiro atoms. The first-order valence-corrected chi connectivity index (χ1v) is 14.8. The molecule has 10 nitrogen and oxygen atoms in total. The summed E-state index contributed by atoms with van der Waals surface area (Å²) in [5.41, 5.74) is 5.02. The number of aromatic nitrogens is 4. The van der Waals surface area contributed by atoms with Crippen molar-refractivity contribution in [1.82, 2.24) is 19.9 Å². The molecule has 6 rings (SSSR count). The molecule has 1 aromatic carbocycles. The maximum atomic E-state index is 11.9. The molecule has 2 saturated heterocycles. The summed E-state index contributed by atoms with van der Waals surface area (Å²) in [7, 11) is -2.19. The molecule has 2 aliphatic rings. The van der Waals surface area contributed by atoms with Gasteiger partial charge in [0.2, 0.25) is 0 Å². The molecule has 12 heteroatoms. The minimum absolute atomic E-state index is 0.229. The van der Waals surface area contributed by atoms with Gasteiger partial charge in [0, 0.05) is 33.4 Å². The lowest BCUT2D eigenvalue weighted by Gasteiger charge is -2.15. The van der Waals surface area contributed by atoms with E-state index in [-0.39, 0.29) is 30.9 Å². The maximum absolute atomic E-state index is 11.9. The predicted molar refractivity (Wildman–Crippen MR) is 144 cm³/mol. The van der Waals surface area contributed by atoms with Gasteiger partial charge < -0.3 is 19.3 Å². The number of hydrogen-bond donors (Lipinski definition) is 2. The molecular weight excluding hydrogens is 530 g/mol. The Morgan fingerprint density at radius 3 is 2.63 bits per heavy atom. The first kappa shape index (κ1) is 25.2. The average Bonchev–Trinajstić information content (AvgIpc) is 3.59. The van der Waals surface area contributed by atoms with Crippen LogP contribution in [0.1, 0.15) is 5.69 Å². The molecule has 3 aromatic heterocycles. The zero-order chi connectivity index (χ0) is 26.4. The van der Waals surface area contributed by atoms with Crippen molar-refractivity contribution in [2.45, 2.75) is 31.0 Å². The molecule has 0 bridgehead atoms. The van der Waals surface area contributed by atoms with Gasteiger partial charge in [-0.05, 0) is 18.2 Å². The van der Waals surface area contributed by atoms with Crippen LogP contribution in [0.3, 0.4) is 0 Å². The van der Waals surface area contributed by atoms with Crippen LogP contribution in [0, 0.1) is 0 Å². The zero-order valence-corrected chi connectivity index (χ0v) is 22.3. The molecule has 0 unspecified atom stereocenters. The first-order chi connectivity index (χ1) is 18.2. The summed E-state index contributed by atoms with van der Waals surface area (Å²) in [6, 6.07) is 15.5. The Morgan fingerprint density at radius 1 is 1.08 bits per heavy atom. The molecule has 2 N–H and O–H groups in total. The van der Waals surface area contributed by atoms with E-state index in [1.54, 1.807) is 18.6 Å². The second kappa shape index (κ2) is 9.90. The standard InChI is InChI=1S/C26H26ClN5O5S/c1-38(2,34)28-11-16-4-3-5-18(29-16)14-6-8-15(9-7-14)22-17(27)10-19-25(31-22)32-26(30-19)37-21-13-36-23-20(33)12-35-24(21)23/h3-10,20-21,23-24,33H,11-13H2,1-2H3,(H,30,31,32)/t20-,21-,23-,24-/m1/s1. The number of H-pyrrole nitrogens is 1. The van der Waals surface area contributed by atoms with Crippen molar-refractivity contribution >= 4 is 32.5 Å². The van der Waals surface area contributed by atoms with Crippen LogP contribution >= 0.6 is 11.6 Å². The van der Waals surface area contributed by atoms with Crippen molar-refractivity contribution in [1.29, 1.82) is 0 Å². The zero-order valence-electron chi connectivity index (χ0n) is 20.7. The Morgan fingerprint density at radius 2 is 1.84 bits per heavy atom. The highest BCUT2D eigenvalue weighted by atomic mass is 35.5. The molecule has 5 heterocycles. The molecule has 2 fully saturated rings. The third-order valence-corrected chi connectivity index (χ3v) is 7.49. The van der Waals surface area contributed by atoms with Crippen LogP contribution in [-0.4, -0.2) is 79.4 Å². The third kappa shape index (κ3) is 5.12. The van der Waals surface area contributed by atoms with Crippen molar-refractivity contribution in [3.8, 4) is 28.5 Å². The van der Waals surface area contributed by atoms with E-state index in [4.69, 9.17) is 30.8 Å². The van der Waals surface area contributed by atoms with Crippen molar-refractivity contribution in [3.63, 3.8) is 0 Å². The largest absolute Gasteiger partial charge is 0.456 e. The van der Waals surface area contributed by atoms with Gasteiger partial charge in [-0.25, -0.2) is 9.35 Å². The topological polar surface area (TPSA) is 132 Å². The van der Waals surface area contributed by atoms with E-state index in [1.807, 2.05) is 42.5 Å². The minimum Gasteiger partial charge on any atom is -0.456 e. The number of nitrogens with zero attached hydrogens (tertiary/aromatic N) is 4. The molecule has 0 aliphatic carbocycles. The molecule has 38 heavy (non-hydrogen) atoms. The summed E-state index contributed by atoms with van der Waals surface area (Å²) in [6.07, 6.45) is 1.47. The lowest BCUT2D eigenvalue weighted by molar-refractivity contribution is 0.00706. The lowest BCUT2D eigenvalue weighted by atomic mass is 10.1. The van der Waals surface area contributed by atoms with Gasteiger partial charge in [0.15, 0.2) is 11.8 Å². The molecule has 4 aromatic rings. The highest BCUT2D eigenvalue weighted by Crippen LogP contribution is 2.33. The summed E-state index contributed by atoms with van der Waals surface area (Å²) >= 11 is 6.58. The van der Waals surface area contributed by atoms with E-state index in [1.165, 1.54) is 0 Å². The summed E-state index contributed by atoms with van der Waals surface area (Å²) < 4.78 is 33.3. The van der Waals surface area contributed by atoms with Crippen molar-refractivity contribution in [2.75, 3.05) is 25.7 Å². The Balaban J connectivity index is 1.22. The maximum Gasteiger partial charge on any atom is 0.296 e. The van der Waals surface area contributed by atoms with Gasteiger partial charge in [0.25, 0.3) is 6.01 Å². The Bertz CT molecular complexity index is 1610. The van der Waals surface area contributed by atoms with Crippen LogP contribution in [0.4, 0.5) is 0 Å². The highest BCUT2D eigenvalue weighted by Gasteiger charge is 2.48. The summed E-state index contributed by atoms with van der Waals surface area (Å²) in [5.74, 6) is 0. The number of aromatic amines is 1. The summed E-state index contributed by atoms with van der Waals surface area (Å²) in [4.78, 5) is 16.9. The van der Waals surface area contributed by atoms with Crippen molar-refractivity contribution in [3.05, 3.63) is 59.2 Å². The van der Waals surface area contributed by atoms with E-state index < -0.39 is 15.8 Å². The number of pyridine rings is 2. The Hall–Kier alpha value is -3.09. The Labute approximate surface area is 224 Å². The van der Waals surface area contributed by atoms with Crippen molar-refractivity contribution in [2.24, 2.45) is 4.36 Å². The van der Waals surface area contributed by atoms with Crippen LogP contribution < -0.4 is 4.74 Å². The van der Waals surface area contributed by atoms with Gasteiger partial charge in [-0.2, -0.15) is 4.98 Å². The molecule has 0 amide bonds. The van der Waals surface area contributed by atoms with Gasteiger partial charge in [0.05, 0.1) is 41.9 Å². The van der Waals surface area contributed by atoms with E-state index in [0.717, 1.165) is 22.5 Å². The fourth-order valence-electron chi connectivity index (χ4n) is 4.59. The molecule has 4 atom stereocenters. The fraction of sp³-hybridized carbons (Fsp3) is 0.346. The number of halogens is 1. The second-order valence-electron chi connectivity index (χ2n) is 9.61. The number of aliphatic hydroxyl groups is 1. The fourth-order valence-corrected chi connectivity index (χ4v) is 5.29. The van der Waals surface area contributed by atoms with Crippen molar-refractivity contribution < 1.29 is 23.5 Å². The summed E-state index contributed by atoms with van der Waals surface area (Å²) in [5, 5.41) is 10.4. The third-order valence-electron chi connectivity index (χ3n) is 6.45. The van der Waals surface area contributed by atoms with Gasteiger partial charge in [-0.15, -0.1) is 0 Å². The normalized spacial score (nSPS) is 23.1. The monoisotopic (exact) mass is 555 g/mol. The van der Waals surface area contributed by atoms with Gasteiger partial charge >= 0.3 is 0 Å². The average molecular weight is 556 g/mol. The number of hydrogen-bond acceptors (Lipinski definition) is 9. The molecule has 0 saturated carbocycles. The SMILES string of the molecule is CS(C)(=O)=NCc1cccc(-c2ccc(-c3nc4[nH]c(O[C@@H]5CO[C@H]6[C@@H]5OC[C@H]6O)nc4cc3Cl)cc2)n1. The predicted octanol–water partition coefficient (Wildman–Crippen LogP) is 3.47. The van der Waals surface area contributed by atoms with E-state index >= 15 is 0 Å². The van der Waals surface area contributed by atoms with Gasteiger partial charge in [-0.1, -0.05) is 41.9 Å². The number of ether oxygens (including phenoxy) is 3. The van der Waals surface area contributed by atoms with E-state index in [9.17, 15) is 9.32 Å². The number of imidazole rings is 1. The molecule has 2 aliphatic heterocycles. The van der Waals surface area contributed by atoms with Crippen LogP contribution in [0.15, 0.2) is 52.9 Å². The Kier molecular flexibility index (Phi) is 6.57. The summed E-state index contributed by atoms with van der Waals surface area (Å²) in [6.45, 7) is 0.836. The van der Waals surface area contributed by atoms with Crippen LogP contribution in [0.2, 0.25) is 5.02 Å². The number of benzene rings is 1. The van der Waals surface area contributed by atoms with Crippen LogP contribution in [0.25, 0.3) is 33.7 Å². The van der Waals surface area contributed by atoms with Crippen LogP contribution in [-0.2, 0) is 25.7 Å². The minimum atomic E-state index is -2.19. The molecular formula is C26H26ClN5O5S. The first-order valence-electron chi connectivity index (χ1n) is 12.1. The van der Waals surface area contributed by atoms with Gasteiger partial charge in [-0.3, -0.25) is 14.2 Å². The highest BCUT2D eigenvalue weighted by molar-refractivity contribution is 7.92.